The smallest absolute Gasteiger partial charge is 0.542 e. The number of hydrogen-bond acceptors (Lipinski definition) is 4. The first-order valence-electron chi connectivity index (χ1n) is 3.62. The molecule has 0 aliphatic rings. The Hall–Kier alpha value is -0.150. The Kier molecular flexibility index (Phi) is 9.52. The molecule has 1 heterocycles. The second-order valence-electron chi connectivity index (χ2n) is 2.64. The molecule has 1 aromatic heterocycles. The van der Waals surface area contributed by atoms with E-state index in [-0.39, 0.29) is 41.2 Å². The van der Waals surface area contributed by atoms with Crippen LogP contribution < -0.4 is 34.7 Å². The van der Waals surface area contributed by atoms with Crippen molar-refractivity contribution in [3.05, 3.63) is 23.7 Å². The molecule has 14 heavy (non-hydrogen) atoms. The molecule has 0 bridgehead atoms. The molecule has 6 heteroatoms. The molecule has 0 radical (unpaired) electrons. The van der Waals surface area contributed by atoms with Crippen molar-refractivity contribution in [1.82, 2.24) is 0 Å². The van der Waals surface area contributed by atoms with Crippen LogP contribution in [0.5, 0.6) is 0 Å². The number of carbonyl (C=O) groups excluding carboxylic acids is 1. The van der Waals surface area contributed by atoms with E-state index in [2.05, 4.69) is 0 Å². The van der Waals surface area contributed by atoms with E-state index in [1.807, 2.05) is 13.8 Å². The largest absolute Gasteiger partial charge is 1.00 e. The number of aromatic carboxylic acids is 1. The number of carbonyl (C=O) groups is 1. The number of carboxylic acid groups (broad SMARTS) is 1. The van der Waals surface area contributed by atoms with E-state index in [9.17, 15) is 9.90 Å². The van der Waals surface area contributed by atoms with Gasteiger partial charge in [0.1, 0.15) is 26.6 Å². The van der Waals surface area contributed by atoms with Gasteiger partial charge in [-0.2, -0.15) is 0 Å². The Morgan fingerprint density at radius 3 is 2.14 bits per heavy atom. The summed E-state index contributed by atoms with van der Waals surface area (Å²) in [6, 6.07) is 3.06. The molecule has 0 unspecified atom stereocenters. The number of rotatable bonds is 2. The standard InChI is InChI=1S/C8H10O3.Na.HOP/c1-5(2)6-3-4-7(11-6)8(9)10;;1-2/h3-5H,1-2H3,(H,9,10);;2H/q;+1;/p-1. The Labute approximate surface area is 107 Å². The van der Waals surface area contributed by atoms with Crippen LogP contribution in [0.2, 0.25) is 0 Å². The topological polar surface area (TPSA) is 70.3 Å². The quantitative estimate of drug-likeness (QED) is 0.441. The first-order valence-corrected chi connectivity index (χ1v) is 4.03. The van der Waals surface area contributed by atoms with Gasteiger partial charge in [0.15, 0.2) is 0 Å². The average molecular weight is 224 g/mol. The molecule has 0 aliphatic carbocycles. The van der Waals surface area contributed by atoms with Crippen molar-refractivity contribution < 1.29 is 48.4 Å². The first-order chi connectivity index (χ1) is 6.11. The monoisotopic (exact) mass is 224 g/mol. The normalized spacial score (nSPS) is 8.50. The maximum Gasteiger partial charge on any atom is 1.00 e. The minimum Gasteiger partial charge on any atom is -0.542 e. The molecule has 0 saturated heterocycles. The Morgan fingerprint density at radius 1 is 1.43 bits per heavy atom. The van der Waals surface area contributed by atoms with E-state index in [1.165, 1.54) is 6.07 Å². The Bertz CT molecular complexity index is 285. The molecular weight excluding hydrogens is 214 g/mol. The van der Waals surface area contributed by atoms with E-state index >= 15 is 0 Å². The molecule has 4 nitrogen and oxygen atoms in total. The van der Waals surface area contributed by atoms with Gasteiger partial charge in [0.25, 0.3) is 0 Å². The van der Waals surface area contributed by atoms with Crippen LogP contribution in [-0.4, -0.2) is 5.97 Å². The van der Waals surface area contributed by atoms with Gasteiger partial charge in [0, 0.05) is 5.92 Å². The summed E-state index contributed by atoms with van der Waals surface area (Å²) in [7, 11) is 1.72. The van der Waals surface area contributed by atoms with E-state index in [4.69, 9.17) is 8.98 Å². The molecule has 1 aromatic rings. The fourth-order valence-electron chi connectivity index (χ4n) is 0.773. The van der Waals surface area contributed by atoms with Crippen molar-refractivity contribution in [1.29, 1.82) is 0 Å². The zero-order chi connectivity index (χ0) is 10.4. The number of carboxylic acids is 1. The van der Waals surface area contributed by atoms with Crippen molar-refractivity contribution >= 4 is 15.1 Å². The molecule has 0 atom stereocenters. The van der Waals surface area contributed by atoms with Crippen LogP contribution in [-0.2, 0) is 4.57 Å². The van der Waals surface area contributed by atoms with Crippen LogP contribution in [0.3, 0.4) is 0 Å². The predicted octanol–water partition coefficient (Wildman–Crippen LogP) is -1.75. The van der Waals surface area contributed by atoms with Gasteiger partial charge in [0.05, 0.1) is 0 Å². The zero-order valence-electron chi connectivity index (χ0n) is 8.37. The summed E-state index contributed by atoms with van der Waals surface area (Å²) in [6.07, 6.45) is 0. The van der Waals surface area contributed by atoms with Crippen LogP contribution in [0.25, 0.3) is 0 Å². The van der Waals surface area contributed by atoms with Crippen LogP contribution in [0, 0.1) is 0 Å². The van der Waals surface area contributed by atoms with Gasteiger partial charge in [-0.25, -0.2) is 0 Å². The van der Waals surface area contributed by atoms with E-state index < -0.39 is 5.97 Å². The van der Waals surface area contributed by atoms with Gasteiger partial charge in [-0.15, -0.1) is 0 Å². The van der Waals surface area contributed by atoms with Crippen LogP contribution >= 0.6 is 9.12 Å². The maximum atomic E-state index is 10.2. The second kappa shape index (κ2) is 8.18. The molecule has 0 saturated carbocycles. The first kappa shape index (κ1) is 16.3. The third-order valence-electron chi connectivity index (χ3n) is 1.40. The maximum absolute atomic E-state index is 10.2. The third-order valence-corrected chi connectivity index (χ3v) is 1.40. The van der Waals surface area contributed by atoms with Crippen molar-refractivity contribution in [3.8, 4) is 0 Å². The van der Waals surface area contributed by atoms with Gasteiger partial charge in [-0.1, -0.05) is 13.8 Å². The van der Waals surface area contributed by atoms with Crippen molar-refractivity contribution in [2.24, 2.45) is 0 Å². The van der Waals surface area contributed by atoms with Gasteiger partial charge >= 0.3 is 29.6 Å². The van der Waals surface area contributed by atoms with Crippen molar-refractivity contribution in [3.63, 3.8) is 0 Å². The molecule has 0 aliphatic heterocycles. The van der Waals surface area contributed by atoms with Gasteiger partial charge in [0.2, 0.25) is 0 Å². The Balaban J connectivity index is 0. The van der Waals surface area contributed by atoms with Crippen LogP contribution in [0.1, 0.15) is 36.1 Å². The molecule has 1 rings (SSSR count). The summed E-state index contributed by atoms with van der Waals surface area (Å²) < 4.78 is 13.0. The van der Waals surface area contributed by atoms with E-state index in [0.717, 1.165) is 0 Å². The summed E-state index contributed by atoms with van der Waals surface area (Å²) >= 11 is 0. The SMILES string of the molecule is CC(C)c1ccc(C(=O)[O-])o1.O=P.[Na+]. The molecule has 0 amide bonds. The summed E-state index contributed by atoms with van der Waals surface area (Å²) in [6.45, 7) is 3.86. The molecule has 0 aromatic carbocycles. The Morgan fingerprint density at radius 2 is 1.93 bits per heavy atom. The fourth-order valence-corrected chi connectivity index (χ4v) is 0.773. The minimum atomic E-state index is -1.27. The van der Waals surface area contributed by atoms with Gasteiger partial charge in [-0.3, -0.25) is 4.57 Å². The third kappa shape index (κ3) is 4.91. The average Bonchev–Trinajstić information content (AvgIpc) is 2.56. The number of hydrogen-bond donors (Lipinski definition) is 0. The van der Waals surface area contributed by atoms with Crippen molar-refractivity contribution in [2.75, 3.05) is 0 Å². The molecule has 72 valence electrons. The fraction of sp³-hybridized carbons (Fsp3) is 0.375. The van der Waals surface area contributed by atoms with Gasteiger partial charge < -0.3 is 14.3 Å². The minimum absolute atomic E-state index is 0. The molecule has 0 N–H and O–H groups in total. The molecule has 0 fully saturated rings. The van der Waals surface area contributed by atoms with Crippen molar-refractivity contribution in [2.45, 2.75) is 19.8 Å². The predicted molar refractivity (Wildman–Crippen MR) is 46.1 cm³/mol. The summed E-state index contributed by atoms with van der Waals surface area (Å²) in [5.74, 6) is -0.488. The molecular formula is C8H10NaO4P. The van der Waals surface area contributed by atoms with E-state index in [0.29, 0.717) is 5.76 Å². The summed E-state index contributed by atoms with van der Waals surface area (Å²) in [5, 5.41) is 10.2. The van der Waals surface area contributed by atoms with Gasteiger partial charge in [-0.05, 0) is 12.1 Å². The molecule has 0 spiro atoms. The second-order valence-corrected chi connectivity index (χ2v) is 2.64. The zero-order valence-corrected chi connectivity index (χ0v) is 11.4. The van der Waals surface area contributed by atoms with E-state index in [1.54, 1.807) is 15.2 Å². The number of furan rings is 1. The van der Waals surface area contributed by atoms with Crippen LogP contribution in [0.15, 0.2) is 16.5 Å². The van der Waals surface area contributed by atoms with Crippen LogP contribution in [0.4, 0.5) is 0 Å². The summed E-state index contributed by atoms with van der Waals surface area (Å²) in [5.41, 5.74) is 0. The summed E-state index contributed by atoms with van der Waals surface area (Å²) in [4.78, 5) is 10.2.